The van der Waals surface area contributed by atoms with E-state index in [9.17, 15) is 18.3 Å². The molecule has 0 bridgehead atoms. The Balaban J connectivity index is 1.91. The third-order valence-electron chi connectivity index (χ3n) is 5.00. The zero-order valence-electron chi connectivity index (χ0n) is 15.8. The summed E-state index contributed by atoms with van der Waals surface area (Å²) in [5.41, 5.74) is 6.35. The van der Waals surface area contributed by atoms with E-state index in [2.05, 4.69) is 4.72 Å². The Bertz CT molecular complexity index is 972. The van der Waals surface area contributed by atoms with Gasteiger partial charge in [-0.3, -0.25) is 4.79 Å². The van der Waals surface area contributed by atoms with E-state index in [1.807, 2.05) is 6.07 Å². The van der Waals surface area contributed by atoms with Gasteiger partial charge >= 0.3 is 0 Å². The van der Waals surface area contributed by atoms with Crippen LogP contribution in [0.25, 0.3) is 11.1 Å². The maximum absolute atomic E-state index is 12.2. The van der Waals surface area contributed by atoms with E-state index >= 15 is 0 Å². The van der Waals surface area contributed by atoms with Gasteiger partial charge in [0.05, 0.1) is 24.5 Å². The molecule has 2 atom stereocenters. The van der Waals surface area contributed by atoms with E-state index in [1.54, 1.807) is 56.3 Å². The van der Waals surface area contributed by atoms with Crippen LogP contribution >= 0.6 is 0 Å². The van der Waals surface area contributed by atoms with Crippen LogP contribution in [0.1, 0.15) is 29.8 Å². The van der Waals surface area contributed by atoms with Crippen molar-refractivity contribution in [2.45, 2.75) is 30.7 Å². The molecule has 8 heteroatoms. The molecule has 4 N–H and O–H groups in total. The minimum atomic E-state index is -3.57. The van der Waals surface area contributed by atoms with E-state index < -0.39 is 32.8 Å². The van der Waals surface area contributed by atoms with Gasteiger partial charge in [-0.05, 0) is 36.6 Å². The van der Waals surface area contributed by atoms with Crippen molar-refractivity contribution in [3.63, 3.8) is 0 Å². The molecule has 150 valence electrons. The minimum Gasteiger partial charge on any atom is -0.381 e. The first-order chi connectivity index (χ1) is 13.1. The quantitative estimate of drug-likeness (QED) is 0.672. The van der Waals surface area contributed by atoms with Gasteiger partial charge in [-0.2, -0.15) is 0 Å². The summed E-state index contributed by atoms with van der Waals surface area (Å²) in [6, 6.07) is 13.2. The third-order valence-corrected chi connectivity index (χ3v) is 6.85. The number of nitrogens with two attached hydrogens (primary N) is 1. The number of hydrogen-bond acceptors (Lipinski definition) is 5. The fourth-order valence-electron chi connectivity index (χ4n) is 3.21. The van der Waals surface area contributed by atoms with Gasteiger partial charge in [0.2, 0.25) is 15.9 Å². The van der Waals surface area contributed by atoms with Crippen LogP contribution in [0.3, 0.4) is 0 Å². The molecule has 1 fully saturated rings. The molecular formula is C20H24N2O5S. The van der Waals surface area contributed by atoms with Gasteiger partial charge in [-0.1, -0.05) is 42.5 Å². The highest BCUT2D eigenvalue weighted by Crippen LogP contribution is 2.33. The van der Waals surface area contributed by atoms with E-state index in [1.165, 1.54) is 0 Å². The summed E-state index contributed by atoms with van der Waals surface area (Å²) >= 11 is 0. The molecule has 2 aromatic carbocycles. The highest BCUT2D eigenvalue weighted by Gasteiger charge is 2.46. The molecule has 0 aromatic heterocycles. The van der Waals surface area contributed by atoms with Gasteiger partial charge in [0.15, 0.2) is 0 Å². The zero-order chi connectivity index (χ0) is 20.5. The lowest BCUT2D eigenvalue weighted by Gasteiger charge is -2.29. The number of ether oxygens (including phenoxy) is 1. The summed E-state index contributed by atoms with van der Waals surface area (Å²) in [6.45, 7) is 3.20. The largest absolute Gasteiger partial charge is 0.381 e. The summed E-state index contributed by atoms with van der Waals surface area (Å²) in [4.78, 5) is 11.7. The lowest BCUT2D eigenvalue weighted by molar-refractivity contribution is 0.0121. The Labute approximate surface area is 164 Å². The molecule has 1 aliphatic rings. The monoisotopic (exact) mass is 404 g/mol. The molecule has 0 aliphatic carbocycles. The van der Waals surface area contributed by atoms with Crippen molar-refractivity contribution in [2.75, 3.05) is 13.2 Å². The fourth-order valence-corrected chi connectivity index (χ4v) is 4.14. The van der Waals surface area contributed by atoms with Crippen LogP contribution in [0.4, 0.5) is 0 Å². The SMILES string of the molecule is CC(C)S(=O)(=O)NC1COCC1(O)c1ccc(-c2ccccc2C(N)=O)cc1. The van der Waals surface area contributed by atoms with Gasteiger partial charge in [0.25, 0.3) is 0 Å². The van der Waals surface area contributed by atoms with Gasteiger partial charge in [0, 0.05) is 5.56 Å². The molecule has 2 aromatic rings. The Kier molecular flexibility index (Phi) is 5.58. The predicted molar refractivity (Wildman–Crippen MR) is 106 cm³/mol. The number of hydrogen-bond donors (Lipinski definition) is 3. The maximum atomic E-state index is 12.2. The van der Waals surface area contributed by atoms with Crippen LogP contribution in [-0.4, -0.2) is 43.9 Å². The van der Waals surface area contributed by atoms with Crippen LogP contribution in [0.5, 0.6) is 0 Å². The number of carbonyl (C=O) groups excluding carboxylic acids is 1. The van der Waals surface area contributed by atoms with Crippen molar-refractivity contribution in [3.8, 4) is 11.1 Å². The molecular weight excluding hydrogens is 380 g/mol. The standard InChI is InChI=1S/C20H24N2O5S/c1-13(2)28(25,26)22-18-11-27-12-20(18,24)15-9-7-14(8-10-15)16-5-3-4-6-17(16)19(21)23/h3-10,13,18,22,24H,11-12H2,1-2H3,(H2,21,23). The molecule has 0 radical (unpaired) electrons. The fraction of sp³-hybridized carbons (Fsp3) is 0.350. The molecule has 1 saturated heterocycles. The van der Waals surface area contributed by atoms with Crippen LogP contribution in [0.2, 0.25) is 0 Å². The number of amides is 1. The second-order valence-corrected chi connectivity index (χ2v) is 9.46. The molecule has 7 nitrogen and oxygen atoms in total. The first-order valence-corrected chi connectivity index (χ1v) is 10.5. The van der Waals surface area contributed by atoms with Gasteiger partial charge in [0.1, 0.15) is 5.60 Å². The second kappa shape index (κ2) is 7.63. The second-order valence-electron chi connectivity index (χ2n) is 7.19. The number of rotatable bonds is 6. The number of nitrogens with one attached hydrogen (secondary N) is 1. The number of primary amides is 1. The summed E-state index contributed by atoms with van der Waals surface area (Å²) in [6.07, 6.45) is 0. The summed E-state index contributed by atoms with van der Waals surface area (Å²) < 4.78 is 32.4. The minimum absolute atomic E-state index is 0.0184. The van der Waals surface area contributed by atoms with Crippen LogP contribution in [-0.2, 0) is 20.4 Å². The van der Waals surface area contributed by atoms with E-state index in [4.69, 9.17) is 10.5 Å². The van der Waals surface area contributed by atoms with Crippen LogP contribution in [0.15, 0.2) is 48.5 Å². The molecule has 0 saturated carbocycles. The van der Waals surface area contributed by atoms with Crippen LogP contribution < -0.4 is 10.5 Å². The van der Waals surface area contributed by atoms with Crippen molar-refractivity contribution < 1.29 is 23.1 Å². The van der Waals surface area contributed by atoms with E-state index in [-0.39, 0.29) is 13.2 Å². The van der Waals surface area contributed by atoms with E-state index in [0.717, 1.165) is 5.56 Å². The first-order valence-electron chi connectivity index (χ1n) is 8.96. The molecule has 1 aliphatic heterocycles. The van der Waals surface area contributed by atoms with Crippen LogP contribution in [0, 0.1) is 0 Å². The Morgan fingerprint density at radius 3 is 2.46 bits per heavy atom. The maximum Gasteiger partial charge on any atom is 0.249 e. The van der Waals surface area contributed by atoms with Gasteiger partial charge in [-0.25, -0.2) is 13.1 Å². The first kappa shape index (κ1) is 20.5. The molecule has 28 heavy (non-hydrogen) atoms. The Morgan fingerprint density at radius 1 is 1.21 bits per heavy atom. The number of sulfonamides is 1. The lowest BCUT2D eigenvalue weighted by atomic mass is 9.88. The summed E-state index contributed by atoms with van der Waals surface area (Å²) in [5, 5.41) is 10.5. The predicted octanol–water partition coefficient (Wildman–Crippen LogP) is 1.37. The molecule has 2 unspecified atom stereocenters. The molecule has 3 rings (SSSR count). The average molecular weight is 404 g/mol. The topological polar surface area (TPSA) is 119 Å². The highest BCUT2D eigenvalue weighted by atomic mass is 32.2. The lowest BCUT2D eigenvalue weighted by Crippen LogP contribution is -2.51. The molecule has 1 heterocycles. The normalized spacial score (nSPS) is 22.5. The highest BCUT2D eigenvalue weighted by molar-refractivity contribution is 7.90. The third kappa shape index (κ3) is 3.81. The summed E-state index contributed by atoms with van der Waals surface area (Å²) in [5.74, 6) is -0.523. The Hall–Kier alpha value is -2.26. The van der Waals surface area contributed by atoms with Gasteiger partial charge < -0.3 is 15.6 Å². The van der Waals surface area contributed by atoms with Crippen molar-refractivity contribution in [3.05, 3.63) is 59.7 Å². The Morgan fingerprint density at radius 2 is 1.86 bits per heavy atom. The van der Waals surface area contributed by atoms with Crippen molar-refractivity contribution in [1.82, 2.24) is 4.72 Å². The van der Waals surface area contributed by atoms with Crippen molar-refractivity contribution in [1.29, 1.82) is 0 Å². The number of aliphatic hydroxyl groups is 1. The zero-order valence-corrected chi connectivity index (χ0v) is 16.6. The number of benzene rings is 2. The molecule has 1 amide bonds. The summed E-state index contributed by atoms with van der Waals surface area (Å²) in [7, 11) is -3.57. The molecule has 0 spiro atoms. The van der Waals surface area contributed by atoms with E-state index in [0.29, 0.717) is 16.7 Å². The van der Waals surface area contributed by atoms with Gasteiger partial charge in [-0.15, -0.1) is 0 Å². The van der Waals surface area contributed by atoms with Crippen molar-refractivity contribution >= 4 is 15.9 Å². The smallest absolute Gasteiger partial charge is 0.249 e. The van der Waals surface area contributed by atoms with Crippen molar-refractivity contribution in [2.24, 2.45) is 5.73 Å². The average Bonchev–Trinajstić information content (AvgIpc) is 3.02. The number of carbonyl (C=O) groups is 1.